The number of halogens is 2. The highest BCUT2D eigenvalue weighted by Gasteiger charge is 2.04. The lowest BCUT2D eigenvalue weighted by molar-refractivity contribution is 0.626. The molecule has 0 aliphatic rings. The number of rotatable bonds is 0. The molecule has 0 fully saturated rings. The van der Waals surface area contributed by atoms with E-state index >= 15 is 0 Å². The predicted molar refractivity (Wildman–Crippen MR) is 47.6 cm³/mol. The average molecular weight is 229 g/mol. The van der Waals surface area contributed by atoms with Crippen LogP contribution in [-0.2, 0) is 0 Å². The first-order valence-corrected chi connectivity index (χ1v) is 4.27. The summed E-state index contributed by atoms with van der Waals surface area (Å²) in [5, 5.41) is 0. The van der Waals surface area contributed by atoms with Gasteiger partial charge in [-0.15, -0.1) is 0 Å². The highest BCUT2D eigenvalue weighted by molar-refractivity contribution is 9.10. The number of imidazole rings is 1. The number of aryl methyl sites for hydroxylation is 1. The Morgan fingerprint density at radius 3 is 3.08 bits per heavy atom. The molecule has 0 atom stereocenters. The summed E-state index contributed by atoms with van der Waals surface area (Å²) in [7, 11) is 0. The standard InChI is InChI=1S/C8H6BrFN2/c1-5-8(9)12-3-2-6(10)4-7(12)11-5/h2-4H,1H3. The third kappa shape index (κ3) is 1.03. The molecule has 0 spiro atoms. The van der Waals surface area contributed by atoms with Crippen molar-refractivity contribution in [3.63, 3.8) is 0 Å². The summed E-state index contributed by atoms with van der Waals surface area (Å²) in [6, 6.07) is 2.80. The summed E-state index contributed by atoms with van der Waals surface area (Å²) in [6.07, 6.45) is 1.65. The number of fused-ring (bicyclic) bond motifs is 1. The monoisotopic (exact) mass is 228 g/mol. The Balaban J connectivity index is 2.87. The van der Waals surface area contributed by atoms with Crippen molar-refractivity contribution < 1.29 is 4.39 Å². The summed E-state index contributed by atoms with van der Waals surface area (Å²) in [5.74, 6) is -0.264. The van der Waals surface area contributed by atoms with Crippen LogP contribution in [0.5, 0.6) is 0 Å². The Morgan fingerprint density at radius 1 is 1.58 bits per heavy atom. The summed E-state index contributed by atoms with van der Waals surface area (Å²) >= 11 is 3.35. The maximum Gasteiger partial charge on any atom is 0.140 e. The van der Waals surface area contributed by atoms with Gasteiger partial charge in [0.25, 0.3) is 0 Å². The third-order valence-corrected chi connectivity index (χ3v) is 2.64. The van der Waals surface area contributed by atoms with Gasteiger partial charge in [-0.25, -0.2) is 9.37 Å². The Labute approximate surface area is 77.2 Å². The topological polar surface area (TPSA) is 17.3 Å². The largest absolute Gasteiger partial charge is 0.294 e. The minimum atomic E-state index is -0.264. The van der Waals surface area contributed by atoms with Gasteiger partial charge in [-0.3, -0.25) is 4.40 Å². The van der Waals surface area contributed by atoms with E-state index in [1.165, 1.54) is 12.1 Å². The number of aromatic nitrogens is 2. The minimum absolute atomic E-state index is 0.264. The molecule has 0 aliphatic heterocycles. The maximum absolute atomic E-state index is 12.7. The predicted octanol–water partition coefficient (Wildman–Crippen LogP) is 2.54. The molecule has 2 aromatic heterocycles. The van der Waals surface area contributed by atoms with E-state index < -0.39 is 0 Å². The van der Waals surface area contributed by atoms with Crippen molar-refractivity contribution in [3.05, 3.63) is 34.4 Å². The van der Waals surface area contributed by atoms with Gasteiger partial charge in [0, 0.05) is 12.3 Å². The van der Waals surface area contributed by atoms with Gasteiger partial charge in [0.2, 0.25) is 0 Å². The summed E-state index contributed by atoms with van der Waals surface area (Å²) in [5.41, 5.74) is 1.49. The van der Waals surface area contributed by atoms with Crippen LogP contribution in [0.3, 0.4) is 0 Å². The highest BCUT2D eigenvalue weighted by Crippen LogP contribution is 2.18. The molecule has 62 valence electrons. The van der Waals surface area contributed by atoms with Gasteiger partial charge in [-0.2, -0.15) is 0 Å². The zero-order chi connectivity index (χ0) is 8.72. The lowest BCUT2D eigenvalue weighted by Gasteiger charge is -1.93. The number of hydrogen-bond donors (Lipinski definition) is 0. The van der Waals surface area contributed by atoms with Crippen molar-refractivity contribution in [1.29, 1.82) is 0 Å². The van der Waals surface area contributed by atoms with Crippen molar-refractivity contribution in [2.45, 2.75) is 6.92 Å². The summed E-state index contributed by atoms with van der Waals surface area (Å²) in [6.45, 7) is 1.87. The molecule has 4 heteroatoms. The maximum atomic E-state index is 12.7. The van der Waals surface area contributed by atoms with Gasteiger partial charge in [0.15, 0.2) is 0 Å². The molecule has 0 radical (unpaired) electrons. The molecule has 0 N–H and O–H groups in total. The smallest absolute Gasteiger partial charge is 0.140 e. The average Bonchev–Trinajstić information content (AvgIpc) is 2.28. The van der Waals surface area contributed by atoms with Crippen LogP contribution in [0.4, 0.5) is 4.39 Å². The quantitative estimate of drug-likeness (QED) is 0.678. The van der Waals surface area contributed by atoms with Crippen LogP contribution >= 0.6 is 15.9 Å². The lowest BCUT2D eigenvalue weighted by atomic mass is 10.4. The number of nitrogens with zero attached hydrogens (tertiary/aromatic N) is 2. The summed E-state index contributed by atoms with van der Waals surface area (Å²) in [4.78, 5) is 4.15. The molecule has 0 amide bonds. The fourth-order valence-corrected chi connectivity index (χ4v) is 1.50. The first kappa shape index (κ1) is 7.73. The van der Waals surface area contributed by atoms with Crippen LogP contribution in [-0.4, -0.2) is 9.38 Å². The SMILES string of the molecule is Cc1nc2cc(F)ccn2c1Br. The van der Waals surface area contributed by atoms with Crippen LogP contribution in [0, 0.1) is 12.7 Å². The van der Waals surface area contributed by atoms with Crippen molar-refractivity contribution in [1.82, 2.24) is 9.38 Å². The van der Waals surface area contributed by atoms with Crippen molar-refractivity contribution in [2.75, 3.05) is 0 Å². The Bertz CT molecular complexity index is 436. The van der Waals surface area contributed by atoms with Crippen molar-refractivity contribution >= 4 is 21.6 Å². The van der Waals surface area contributed by atoms with E-state index in [-0.39, 0.29) is 5.82 Å². The molecule has 2 nitrogen and oxygen atoms in total. The van der Waals surface area contributed by atoms with E-state index in [1.54, 1.807) is 10.6 Å². The van der Waals surface area contributed by atoms with E-state index in [9.17, 15) is 4.39 Å². The van der Waals surface area contributed by atoms with E-state index in [0.29, 0.717) is 5.65 Å². The molecule has 2 aromatic rings. The molecular formula is C8H6BrFN2. The zero-order valence-electron chi connectivity index (χ0n) is 6.38. The molecule has 0 saturated heterocycles. The zero-order valence-corrected chi connectivity index (χ0v) is 7.97. The van der Waals surface area contributed by atoms with Crippen LogP contribution in [0.2, 0.25) is 0 Å². The number of hydrogen-bond acceptors (Lipinski definition) is 1. The second-order valence-corrected chi connectivity index (χ2v) is 3.31. The van der Waals surface area contributed by atoms with Crippen molar-refractivity contribution in [3.8, 4) is 0 Å². The molecule has 0 aromatic carbocycles. The van der Waals surface area contributed by atoms with E-state index in [4.69, 9.17) is 0 Å². The van der Waals surface area contributed by atoms with Crippen LogP contribution in [0.15, 0.2) is 22.9 Å². The molecule has 2 heterocycles. The molecule has 0 saturated carbocycles. The second-order valence-electron chi connectivity index (χ2n) is 2.56. The molecule has 12 heavy (non-hydrogen) atoms. The normalized spacial score (nSPS) is 10.9. The second kappa shape index (κ2) is 2.55. The third-order valence-electron chi connectivity index (χ3n) is 1.69. The van der Waals surface area contributed by atoms with Crippen molar-refractivity contribution in [2.24, 2.45) is 0 Å². The van der Waals surface area contributed by atoms with E-state index in [2.05, 4.69) is 20.9 Å². The van der Waals surface area contributed by atoms with Gasteiger partial charge in [-0.1, -0.05) is 0 Å². The molecule has 2 rings (SSSR count). The van der Waals surface area contributed by atoms with Crippen LogP contribution in [0.25, 0.3) is 5.65 Å². The van der Waals surface area contributed by atoms with Gasteiger partial charge in [0.05, 0.1) is 5.69 Å². The molecule has 0 bridgehead atoms. The number of pyridine rings is 1. The van der Waals surface area contributed by atoms with Gasteiger partial charge in [-0.05, 0) is 28.9 Å². The first-order valence-electron chi connectivity index (χ1n) is 3.48. The Morgan fingerprint density at radius 2 is 2.33 bits per heavy atom. The highest BCUT2D eigenvalue weighted by atomic mass is 79.9. The van der Waals surface area contributed by atoms with Crippen LogP contribution < -0.4 is 0 Å². The Hall–Kier alpha value is -0.900. The van der Waals surface area contributed by atoms with Crippen LogP contribution in [0.1, 0.15) is 5.69 Å². The van der Waals surface area contributed by atoms with Gasteiger partial charge < -0.3 is 0 Å². The van der Waals surface area contributed by atoms with E-state index in [0.717, 1.165) is 10.3 Å². The van der Waals surface area contributed by atoms with Gasteiger partial charge in [0.1, 0.15) is 16.1 Å². The fourth-order valence-electron chi connectivity index (χ4n) is 1.11. The molecular weight excluding hydrogens is 223 g/mol. The van der Waals surface area contributed by atoms with E-state index in [1.807, 2.05) is 6.92 Å². The van der Waals surface area contributed by atoms with Gasteiger partial charge >= 0.3 is 0 Å². The molecule has 0 aliphatic carbocycles. The Kier molecular flexibility index (Phi) is 1.65. The lowest BCUT2D eigenvalue weighted by Crippen LogP contribution is -1.84. The first-order chi connectivity index (χ1) is 5.68. The minimum Gasteiger partial charge on any atom is -0.294 e. The molecule has 0 unspecified atom stereocenters. The summed E-state index contributed by atoms with van der Waals surface area (Å²) < 4.78 is 15.4. The fraction of sp³-hybridized carbons (Fsp3) is 0.125.